The Morgan fingerprint density at radius 2 is 1.95 bits per heavy atom. The minimum absolute atomic E-state index is 0.0672. The molecule has 0 fully saturated rings. The molecule has 1 aromatic carbocycles. The molecule has 0 saturated heterocycles. The van der Waals surface area contributed by atoms with Crippen LogP contribution in [-0.4, -0.2) is 19.9 Å². The first-order chi connectivity index (χ1) is 9.95. The van der Waals surface area contributed by atoms with Gasteiger partial charge < -0.3 is 15.5 Å². The highest BCUT2D eigenvalue weighted by Crippen LogP contribution is 2.35. The molecule has 3 N–H and O–H groups in total. The number of nitrogens with one attached hydrogen (secondary N) is 1. The lowest BCUT2D eigenvalue weighted by molar-refractivity contribution is -0.137. The molecule has 21 heavy (non-hydrogen) atoms. The number of ether oxygens (including phenoxy) is 1. The Morgan fingerprint density at radius 3 is 2.67 bits per heavy atom. The standard InChI is InChI=1S/C12H8F3N5O/c13-12(14,15)6-1-2-8(7(16)3-6)21-11-9-10(18-4-17-9)19-5-20-11/h1-5H,16H2,(H,17,18,19,20). The molecule has 0 amide bonds. The molecule has 0 aliphatic heterocycles. The van der Waals surface area contributed by atoms with Crippen LogP contribution in [0.5, 0.6) is 11.6 Å². The van der Waals surface area contributed by atoms with E-state index in [1.54, 1.807) is 0 Å². The number of anilines is 1. The number of alkyl halides is 3. The van der Waals surface area contributed by atoms with E-state index in [0.29, 0.717) is 11.2 Å². The molecular weight excluding hydrogens is 287 g/mol. The maximum atomic E-state index is 12.6. The van der Waals surface area contributed by atoms with Crippen molar-refractivity contribution in [1.82, 2.24) is 19.9 Å². The average molecular weight is 295 g/mol. The van der Waals surface area contributed by atoms with Crippen molar-refractivity contribution >= 4 is 16.9 Å². The number of hydrogen-bond donors (Lipinski definition) is 2. The van der Waals surface area contributed by atoms with Gasteiger partial charge in [-0.15, -0.1) is 0 Å². The molecule has 0 bridgehead atoms. The highest BCUT2D eigenvalue weighted by molar-refractivity contribution is 5.75. The molecule has 3 rings (SSSR count). The number of halogens is 3. The van der Waals surface area contributed by atoms with Crippen molar-refractivity contribution in [3.63, 3.8) is 0 Å². The fraction of sp³-hybridized carbons (Fsp3) is 0.0833. The fourth-order valence-corrected chi connectivity index (χ4v) is 1.74. The molecular formula is C12H8F3N5O. The minimum atomic E-state index is -4.46. The van der Waals surface area contributed by atoms with Crippen LogP contribution < -0.4 is 10.5 Å². The number of nitrogens with two attached hydrogens (primary N) is 1. The summed E-state index contributed by atoms with van der Waals surface area (Å²) in [6.45, 7) is 0. The summed E-state index contributed by atoms with van der Waals surface area (Å²) in [5, 5.41) is 0. The number of aromatic amines is 1. The Bertz CT molecular complexity index is 799. The van der Waals surface area contributed by atoms with Crippen LogP contribution in [0.25, 0.3) is 11.2 Å². The van der Waals surface area contributed by atoms with E-state index in [9.17, 15) is 13.2 Å². The Kier molecular flexibility index (Phi) is 2.89. The number of imidazole rings is 1. The Hall–Kier alpha value is -2.84. The van der Waals surface area contributed by atoms with Crippen LogP contribution in [0, 0.1) is 0 Å². The number of fused-ring (bicyclic) bond motifs is 1. The van der Waals surface area contributed by atoms with Crippen LogP contribution in [0.1, 0.15) is 5.56 Å². The highest BCUT2D eigenvalue weighted by Gasteiger charge is 2.31. The maximum absolute atomic E-state index is 12.6. The van der Waals surface area contributed by atoms with Crippen LogP contribution in [0.3, 0.4) is 0 Å². The van der Waals surface area contributed by atoms with Gasteiger partial charge in [-0.3, -0.25) is 0 Å². The Morgan fingerprint density at radius 1 is 1.14 bits per heavy atom. The Labute approximate surface area is 115 Å². The number of nitrogens with zero attached hydrogens (tertiary/aromatic N) is 3. The predicted molar refractivity (Wildman–Crippen MR) is 67.6 cm³/mol. The van der Waals surface area contributed by atoms with E-state index < -0.39 is 11.7 Å². The summed E-state index contributed by atoms with van der Waals surface area (Å²) in [6, 6.07) is 2.83. The second-order valence-electron chi connectivity index (χ2n) is 4.13. The van der Waals surface area contributed by atoms with Crippen LogP contribution in [-0.2, 0) is 6.18 Å². The highest BCUT2D eigenvalue weighted by atomic mass is 19.4. The van der Waals surface area contributed by atoms with Gasteiger partial charge in [0.2, 0.25) is 5.88 Å². The number of benzene rings is 1. The third kappa shape index (κ3) is 2.45. The van der Waals surface area contributed by atoms with E-state index in [-0.39, 0.29) is 17.3 Å². The molecule has 0 unspecified atom stereocenters. The second-order valence-corrected chi connectivity index (χ2v) is 4.13. The van der Waals surface area contributed by atoms with Gasteiger partial charge in [-0.1, -0.05) is 0 Å². The number of aromatic nitrogens is 4. The van der Waals surface area contributed by atoms with E-state index in [1.807, 2.05) is 0 Å². The maximum Gasteiger partial charge on any atom is 0.416 e. The summed E-state index contributed by atoms with van der Waals surface area (Å²) in [5.74, 6) is 0.196. The van der Waals surface area contributed by atoms with Crippen LogP contribution in [0.2, 0.25) is 0 Å². The lowest BCUT2D eigenvalue weighted by Crippen LogP contribution is -2.06. The van der Waals surface area contributed by atoms with Crippen LogP contribution in [0.15, 0.2) is 30.9 Å². The van der Waals surface area contributed by atoms with E-state index in [0.717, 1.165) is 18.2 Å². The van der Waals surface area contributed by atoms with E-state index in [2.05, 4.69) is 19.9 Å². The van der Waals surface area contributed by atoms with Gasteiger partial charge in [0.1, 0.15) is 11.8 Å². The monoisotopic (exact) mass is 295 g/mol. The van der Waals surface area contributed by atoms with Gasteiger partial charge in [-0.05, 0) is 18.2 Å². The molecule has 9 heteroatoms. The molecule has 0 atom stereocenters. The summed E-state index contributed by atoms with van der Waals surface area (Å²) in [6.07, 6.45) is -1.82. The molecule has 0 aliphatic rings. The Balaban J connectivity index is 1.97. The molecule has 0 radical (unpaired) electrons. The number of nitrogen functional groups attached to an aromatic ring is 1. The molecule has 0 aliphatic carbocycles. The van der Waals surface area contributed by atoms with Crippen molar-refractivity contribution < 1.29 is 17.9 Å². The van der Waals surface area contributed by atoms with E-state index in [1.165, 1.54) is 12.7 Å². The molecule has 0 spiro atoms. The fourth-order valence-electron chi connectivity index (χ4n) is 1.74. The summed E-state index contributed by atoms with van der Waals surface area (Å²) in [5.41, 5.74) is 5.41. The summed E-state index contributed by atoms with van der Waals surface area (Å²) in [4.78, 5) is 14.5. The van der Waals surface area contributed by atoms with Gasteiger partial charge >= 0.3 is 6.18 Å². The zero-order chi connectivity index (χ0) is 15.0. The van der Waals surface area contributed by atoms with Crippen molar-refractivity contribution in [2.75, 3.05) is 5.73 Å². The van der Waals surface area contributed by atoms with E-state index >= 15 is 0 Å². The van der Waals surface area contributed by atoms with Gasteiger partial charge in [-0.25, -0.2) is 9.97 Å². The first kappa shape index (κ1) is 13.2. The first-order valence-electron chi connectivity index (χ1n) is 5.74. The normalized spacial score (nSPS) is 11.8. The quantitative estimate of drug-likeness (QED) is 0.709. The van der Waals surface area contributed by atoms with Gasteiger partial charge in [0.25, 0.3) is 0 Å². The van der Waals surface area contributed by atoms with Crippen molar-refractivity contribution in [2.24, 2.45) is 0 Å². The predicted octanol–water partition coefficient (Wildman–Crippen LogP) is 2.75. The summed E-state index contributed by atoms with van der Waals surface area (Å²) in [7, 11) is 0. The van der Waals surface area contributed by atoms with Crippen molar-refractivity contribution in [3.8, 4) is 11.6 Å². The smallest absolute Gasteiger partial charge is 0.416 e. The lowest BCUT2D eigenvalue weighted by Gasteiger charge is -2.11. The molecule has 3 aromatic rings. The molecule has 0 saturated carbocycles. The van der Waals surface area contributed by atoms with Gasteiger partial charge in [0, 0.05) is 0 Å². The zero-order valence-electron chi connectivity index (χ0n) is 10.3. The lowest BCUT2D eigenvalue weighted by atomic mass is 10.2. The minimum Gasteiger partial charge on any atom is -0.435 e. The van der Waals surface area contributed by atoms with Gasteiger partial charge in [0.05, 0.1) is 17.6 Å². The van der Waals surface area contributed by atoms with Gasteiger partial charge in [0.15, 0.2) is 11.4 Å². The topological polar surface area (TPSA) is 89.7 Å². The molecule has 2 heterocycles. The van der Waals surface area contributed by atoms with E-state index in [4.69, 9.17) is 10.5 Å². The number of hydrogen-bond acceptors (Lipinski definition) is 5. The number of H-pyrrole nitrogens is 1. The molecule has 108 valence electrons. The zero-order valence-corrected chi connectivity index (χ0v) is 10.3. The van der Waals surface area contributed by atoms with Gasteiger partial charge in [-0.2, -0.15) is 18.2 Å². The summed E-state index contributed by atoms with van der Waals surface area (Å²) < 4.78 is 43.1. The largest absolute Gasteiger partial charge is 0.435 e. The average Bonchev–Trinajstić information content (AvgIpc) is 2.89. The SMILES string of the molecule is Nc1cc(C(F)(F)F)ccc1Oc1ncnc2nc[nH]c12. The second kappa shape index (κ2) is 4.62. The third-order valence-corrected chi connectivity index (χ3v) is 2.73. The third-order valence-electron chi connectivity index (χ3n) is 2.73. The first-order valence-corrected chi connectivity index (χ1v) is 5.74. The van der Waals surface area contributed by atoms with Crippen molar-refractivity contribution in [3.05, 3.63) is 36.4 Å². The molecule has 2 aromatic heterocycles. The molecule has 6 nitrogen and oxygen atoms in total. The van der Waals surface area contributed by atoms with Crippen molar-refractivity contribution in [1.29, 1.82) is 0 Å². The van der Waals surface area contributed by atoms with Crippen LogP contribution >= 0.6 is 0 Å². The number of rotatable bonds is 2. The summed E-state index contributed by atoms with van der Waals surface area (Å²) >= 11 is 0. The van der Waals surface area contributed by atoms with Crippen LogP contribution in [0.4, 0.5) is 18.9 Å². The van der Waals surface area contributed by atoms with Crippen molar-refractivity contribution in [2.45, 2.75) is 6.18 Å².